The molecular weight excluding hydrogens is 1140 g/mol. The normalized spacial score (nSPS) is 15.3. The Hall–Kier alpha value is -10.6. The SMILES string of the molecule is Cc1ccc(N(c2cc3c(c4ccccc24)-c2c(cc(N(c4ccc(C)cc4)c4cccc5c4oc4c(C6CCCCC6)cccc45)c4ccccc24)C32c3ccccc3-n3c4ccccc4c4cccc2c43)c2cccc3c2oc2c(C4CCCCC4)cccc23)cc1. The number of nitrogens with zero attached hydrogens (tertiary/aromatic N) is 3. The first-order valence-electron chi connectivity index (χ1n) is 34.4. The monoisotopic (exact) mass is 1210 g/mol. The highest BCUT2D eigenvalue weighted by Crippen LogP contribution is 2.66. The zero-order valence-corrected chi connectivity index (χ0v) is 53.1. The summed E-state index contributed by atoms with van der Waals surface area (Å²) in [6, 6.07) is 95.0. The Morgan fingerprint density at radius 2 is 0.734 bits per heavy atom. The third-order valence-electron chi connectivity index (χ3n) is 22.5. The largest absolute Gasteiger partial charge is 0.454 e. The highest BCUT2D eigenvalue weighted by atomic mass is 16.3. The van der Waals surface area contributed by atoms with E-state index in [1.165, 1.54) is 169 Å². The molecule has 1 aliphatic heterocycles. The van der Waals surface area contributed by atoms with Crippen molar-refractivity contribution in [3.05, 3.63) is 293 Å². The van der Waals surface area contributed by atoms with Gasteiger partial charge in [0.25, 0.3) is 0 Å². The standard InChI is InChI=1S/C89H69N3O2/c1-54-44-48-58(49-45-54)90(78-42-20-36-70-68-34-17-31-60(85(68)93-87(70)78)56-22-5-3-6-23-56)80-52-74-82(65-29-11-9-26-62(65)80)83-66-30-12-10-27-63(66)81(53-75(83)89(74)72-38-14-16-41-77(72)92-76-40-15-13-28-64(76)67-33-19-39-73(89)84(67)92)91(59-50-46-55(2)47-51-59)79-43-21-37-71-69-35-18-32-61(86(69)94-88(71)79)57-24-7-4-8-25-57/h9-21,26-53,56-57H,3-8,22-25H2,1-2H3. The number of hydrogen-bond donors (Lipinski definition) is 0. The van der Waals surface area contributed by atoms with E-state index < -0.39 is 5.41 Å². The van der Waals surface area contributed by atoms with Crippen molar-refractivity contribution >= 4 is 121 Å². The van der Waals surface area contributed by atoms with Crippen LogP contribution in [0, 0.1) is 13.8 Å². The van der Waals surface area contributed by atoms with Gasteiger partial charge in [-0.05, 0) is 167 Å². The first kappa shape index (κ1) is 54.0. The van der Waals surface area contributed by atoms with Crippen LogP contribution in [0.1, 0.15) is 121 Å². The fourth-order valence-corrected chi connectivity index (χ4v) is 18.3. The Labute approximate surface area is 546 Å². The molecule has 0 amide bonds. The third kappa shape index (κ3) is 7.58. The first-order valence-corrected chi connectivity index (χ1v) is 34.4. The molecule has 1 spiro atoms. The highest BCUT2D eigenvalue weighted by Gasteiger charge is 2.53. The number of hydrogen-bond acceptors (Lipinski definition) is 4. The van der Waals surface area contributed by atoms with Gasteiger partial charge in [0.1, 0.15) is 11.2 Å². The van der Waals surface area contributed by atoms with Gasteiger partial charge in [-0.1, -0.05) is 238 Å². The lowest BCUT2D eigenvalue weighted by molar-refractivity contribution is 0.442. The number of aromatic nitrogens is 1. The fraction of sp³-hybridized carbons (Fsp3) is 0.169. The highest BCUT2D eigenvalue weighted by molar-refractivity contribution is 6.22. The van der Waals surface area contributed by atoms with Crippen molar-refractivity contribution in [2.24, 2.45) is 0 Å². The molecule has 0 unspecified atom stereocenters. The number of furan rings is 2. The van der Waals surface area contributed by atoms with E-state index in [0.29, 0.717) is 11.8 Å². The molecule has 94 heavy (non-hydrogen) atoms. The number of benzene rings is 13. The molecule has 2 saturated carbocycles. The second-order valence-electron chi connectivity index (χ2n) is 27.5. The van der Waals surface area contributed by atoms with Crippen LogP contribution in [-0.2, 0) is 5.41 Å². The summed E-state index contributed by atoms with van der Waals surface area (Å²) < 4.78 is 17.6. The molecule has 0 N–H and O–H groups in total. The topological polar surface area (TPSA) is 37.7 Å². The van der Waals surface area contributed by atoms with Crippen LogP contribution >= 0.6 is 0 Å². The average Bonchev–Trinajstić information content (AvgIpc) is 1.48. The van der Waals surface area contributed by atoms with Crippen molar-refractivity contribution in [2.45, 2.75) is 95.3 Å². The molecule has 5 nitrogen and oxygen atoms in total. The fourth-order valence-electron chi connectivity index (χ4n) is 18.3. The van der Waals surface area contributed by atoms with Crippen LogP contribution in [0.15, 0.2) is 258 Å². The minimum Gasteiger partial charge on any atom is -0.454 e. The van der Waals surface area contributed by atoms with Crippen LogP contribution in [0.5, 0.6) is 0 Å². The second-order valence-corrected chi connectivity index (χ2v) is 27.5. The molecule has 2 fully saturated rings. The zero-order valence-electron chi connectivity index (χ0n) is 53.1. The van der Waals surface area contributed by atoms with Crippen molar-refractivity contribution in [1.29, 1.82) is 0 Å². The molecule has 0 radical (unpaired) electrons. The van der Waals surface area contributed by atoms with Gasteiger partial charge >= 0.3 is 0 Å². The van der Waals surface area contributed by atoms with Crippen LogP contribution in [-0.4, -0.2) is 4.57 Å². The molecule has 16 aromatic rings. The molecule has 3 aromatic heterocycles. The average molecular weight is 1210 g/mol. The van der Waals surface area contributed by atoms with Gasteiger partial charge in [-0.15, -0.1) is 0 Å². The summed E-state index contributed by atoms with van der Waals surface area (Å²) in [7, 11) is 0. The van der Waals surface area contributed by atoms with Crippen LogP contribution in [0.4, 0.5) is 34.1 Å². The molecule has 4 heterocycles. The Morgan fingerprint density at radius 3 is 1.26 bits per heavy atom. The molecule has 13 aromatic carbocycles. The van der Waals surface area contributed by atoms with Crippen molar-refractivity contribution in [3.8, 4) is 16.8 Å². The van der Waals surface area contributed by atoms with E-state index in [0.717, 1.165) is 78.0 Å². The van der Waals surface area contributed by atoms with Gasteiger partial charge < -0.3 is 23.2 Å². The van der Waals surface area contributed by atoms with E-state index in [1.54, 1.807) is 0 Å². The molecule has 20 rings (SSSR count). The lowest BCUT2D eigenvalue weighted by Crippen LogP contribution is -2.34. The molecule has 452 valence electrons. The van der Waals surface area contributed by atoms with Crippen molar-refractivity contribution in [1.82, 2.24) is 4.57 Å². The summed E-state index contributed by atoms with van der Waals surface area (Å²) in [5.74, 6) is 0.960. The predicted octanol–water partition coefficient (Wildman–Crippen LogP) is 25.2. The predicted molar refractivity (Wildman–Crippen MR) is 392 cm³/mol. The lowest BCUT2D eigenvalue weighted by Gasteiger charge is -2.40. The number of rotatable bonds is 8. The first-order chi connectivity index (χ1) is 46.5. The van der Waals surface area contributed by atoms with E-state index in [2.05, 4.69) is 277 Å². The van der Waals surface area contributed by atoms with E-state index in [1.807, 2.05) is 0 Å². The quantitative estimate of drug-likeness (QED) is 0.152. The Morgan fingerprint density at radius 1 is 0.330 bits per heavy atom. The van der Waals surface area contributed by atoms with Crippen LogP contribution in [0.25, 0.3) is 104 Å². The Bertz CT molecular complexity index is 5530. The van der Waals surface area contributed by atoms with Gasteiger partial charge in [0, 0.05) is 54.5 Å². The van der Waals surface area contributed by atoms with Gasteiger partial charge in [-0.2, -0.15) is 0 Å². The minimum absolute atomic E-state index is 0.480. The molecule has 0 bridgehead atoms. The Kier molecular flexibility index (Phi) is 11.9. The minimum atomic E-state index is -0.874. The molecule has 0 atom stereocenters. The van der Waals surface area contributed by atoms with Gasteiger partial charge in [0.05, 0.1) is 44.9 Å². The molecular formula is C89H69N3O2. The smallest absolute Gasteiger partial charge is 0.159 e. The number of anilines is 6. The second kappa shape index (κ2) is 20.7. The number of aryl methyl sites for hydroxylation is 2. The van der Waals surface area contributed by atoms with Gasteiger partial charge in [-0.25, -0.2) is 0 Å². The summed E-state index contributed by atoms with van der Waals surface area (Å²) in [4.78, 5) is 5.07. The summed E-state index contributed by atoms with van der Waals surface area (Å²) in [6.45, 7) is 4.38. The van der Waals surface area contributed by atoms with E-state index in [4.69, 9.17) is 8.83 Å². The van der Waals surface area contributed by atoms with Crippen LogP contribution in [0.3, 0.4) is 0 Å². The maximum Gasteiger partial charge on any atom is 0.159 e. The van der Waals surface area contributed by atoms with E-state index >= 15 is 0 Å². The molecule has 4 aliphatic rings. The van der Waals surface area contributed by atoms with Crippen LogP contribution < -0.4 is 9.80 Å². The van der Waals surface area contributed by atoms with E-state index in [-0.39, 0.29) is 0 Å². The summed E-state index contributed by atoms with van der Waals surface area (Å²) >= 11 is 0. The van der Waals surface area contributed by atoms with Gasteiger partial charge in [-0.3, -0.25) is 0 Å². The van der Waals surface area contributed by atoms with E-state index in [9.17, 15) is 0 Å². The van der Waals surface area contributed by atoms with Crippen molar-refractivity contribution in [2.75, 3.05) is 9.80 Å². The molecule has 0 saturated heterocycles. The van der Waals surface area contributed by atoms with Crippen molar-refractivity contribution < 1.29 is 8.83 Å². The zero-order chi connectivity index (χ0) is 61.9. The number of fused-ring (bicyclic) bond motifs is 22. The summed E-state index contributed by atoms with van der Waals surface area (Å²) in [5, 5.41) is 11.9. The maximum absolute atomic E-state index is 7.52. The van der Waals surface area contributed by atoms with Gasteiger partial charge in [0.2, 0.25) is 0 Å². The molecule has 5 heteroatoms. The van der Waals surface area contributed by atoms with Crippen molar-refractivity contribution in [3.63, 3.8) is 0 Å². The summed E-state index contributed by atoms with van der Waals surface area (Å²) in [5.41, 5.74) is 25.6. The third-order valence-corrected chi connectivity index (χ3v) is 22.5. The Balaban J connectivity index is 0.924. The van der Waals surface area contributed by atoms with Gasteiger partial charge in [0.15, 0.2) is 11.2 Å². The lowest BCUT2D eigenvalue weighted by atomic mass is 9.65. The number of para-hydroxylation sites is 7. The summed E-state index contributed by atoms with van der Waals surface area (Å²) in [6.07, 6.45) is 12.4. The van der Waals surface area contributed by atoms with Crippen LogP contribution in [0.2, 0.25) is 0 Å². The molecule has 3 aliphatic carbocycles. The maximum atomic E-state index is 7.52.